The van der Waals surface area contributed by atoms with Gasteiger partial charge in [-0.2, -0.15) is 0 Å². The second-order valence-corrected chi connectivity index (χ2v) is 8.15. The van der Waals surface area contributed by atoms with Crippen molar-refractivity contribution in [1.29, 1.82) is 0 Å². The summed E-state index contributed by atoms with van der Waals surface area (Å²) in [5.41, 5.74) is 4.47. The predicted molar refractivity (Wildman–Crippen MR) is 88.5 cm³/mol. The van der Waals surface area contributed by atoms with Crippen molar-refractivity contribution in [3.63, 3.8) is 0 Å². The third-order valence-corrected chi connectivity index (χ3v) is 5.88. The molecule has 2 aromatic carbocycles. The number of hydrogen-bond donors (Lipinski definition) is 1. The number of sulfone groups is 1. The topological polar surface area (TPSA) is 46.2 Å². The molecule has 1 unspecified atom stereocenters. The number of benzene rings is 2. The largest absolute Gasteiger partial charge is 0.310 e. The second-order valence-electron chi connectivity index (χ2n) is 6.16. The van der Waals surface area contributed by atoms with Gasteiger partial charge < -0.3 is 5.32 Å². The van der Waals surface area contributed by atoms with E-state index < -0.39 is 9.84 Å². The summed E-state index contributed by atoms with van der Waals surface area (Å²) in [6.07, 6.45) is 0.952. The predicted octanol–water partition coefficient (Wildman–Crippen LogP) is 3.00. The van der Waals surface area contributed by atoms with Crippen LogP contribution >= 0.6 is 0 Å². The summed E-state index contributed by atoms with van der Waals surface area (Å²) in [6.45, 7) is 4.97. The molecule has 1 heterocycles. The van der Waals surface area contributed by atoms with Crippen LogP contribution in [0.3, 0.4) is 0 Å². The van der Waals surface area contributed by atoms with E-state index in [1.54, 1.807) is 12.1 Å². The molecule has 116 valence electrons. The maximum Gasteiger partial charge on any atom is 0.182 e. The van der Waals surface area contributed by atoms with E-state index in [4.69, 9.17) is 0 Å². The standard InChI is InChI=1S/C18H21NO2S/c1-13-3-7-18(8-4-13)22(20,21)12-15-5-6-16-11-19-14(2)9-17(16)10-15/h3-8,10,14,19H,9,11-12H2,1-2H3. The number of fused-ring (bicyclic) bond motifs is 1. The highest BCUT2D eigenvalue weighted by molar-refractivity contribution is 7.90. The highest BCUT2D eigenvalue weighted by Gasteiger charge is 2.18. The van der Waals surface area contributed by atoms with E-state index in [1.165, 1.54) is 11.1 Å². The first kappa shape index (κ1) is 15.3. The van der Waals surface area contributed by atoms with Crippen LogP contribution in [0.1, 0.15) is 29.2 Å². The van der Waals surface area contributed by atoms with Gasteiger partial charge in [-0.3, -0.25) is 0 Å². The van der Waals surface area contributed by atoms with E-state index in [9.17, 15) is 8.42 Å². The fourth-order valence-corrected chi connectivity index (χ4v) is 4.20. The molecule has 2 aromatic rings. The van der Waals surface area contributed by atoms with Gasteiger partial charge in [0.25, 0.3) is 0 Å². The molecule has 0 bridgehead atoms. The van der Waals surface area contributed by atoms with Gasteiger partial charge in [0.05, 0.1) is 10.6 Å². The Morgan fingerprint density at radius 1 is 1.09 bits per heavy atom. The van der Waals surface area contributed by atoms with Gasteiger partial charge in [0.15, 0.2) is 9.84 Å². The lowest BCUT2D eigenvalue weighted by Crippen LogP contribution is -2.32. The zero-order valence-electron chi connectivity index (χ0n) is 13.0. The summed E-state index contributed by atoms with van der Waals surface area (Å²) in [5.74, 6) is 0.0607. The lowest BCUT2D eigenvalue weighted by molar-refractivity contribution is 0.513. The van der Waals surface area contributed by atoms with Crippen LogP contribution in [0.5, 0.6) is 0 Å². The van der Waals surface area contributed by atoms with E-state index in [0.717, 1.165) is 24.1 Å². The zero-order valence-corrected chi connectivity index (χ0v) is 13.8. The van der Waals surface area contributed by atoms with Crippen LogP contribution in [0.2, 0.25) is 0 Å². The smallest absolute Gasteiger partial charge is 0.182 e. The molecular weight excluding hydrogens is 294 g/mol. The van der Waals surface area contributed by atoms with Gasteiger partial charge in [-0.15, -0.1) is 0 Å². The minimum Gasteiger partial charge on any atom is -0.310 e. The van der Waals surface area contributed by atoms with Crippen molar-refractivity contribution in [3.8, 4) is 0 Å². The Morgan fingerprint density at radius 3 is 2.55 bits per heavy atom. The molecule has 1 atom stereocenters. The Morgan fingerprint density at radius 2 is 1.82 bits per heavy atom. The fraction of sp³-hybridized carbons (Fsp3) is 0.333. The number of nitrogens with one attached hydrogen (secondary N) is 1. The van der Waals surface area contributed by atoms with Crippen molar-refractivity contribution in [2.45, 2.75) is 43.5 Å². The van der Waals surface area contributed by atoms with Gasteiger partial charge in [0.1, 0.15) is 0 Å². The average Bonchev–Trinajstić information content (AvgIpc) is 2.47. The van der Waals surface area contributed by atoms with Crippen LogP contribution < -0.4 is 5.32 Å². The van der Waals surface area contributed by atoms with E-state index in [0.29, 0.717) is 10.9 Å². The first-order chi connectivity index (χ1) is 10.4. The van der Waals surface area contributed by atoms with Crippen LogP contribution in [0, 0.1) is 6.92 Å². The molecule has 4 heteroatoms. The zero-order chi connectivity index (χ0) is 15.7. The minimum absolute atomic E-state index is 0.0607. The Bertz CT molecular complexity index is 779. The number of rotatable bonds is 3. The Balaban J connectivity index is 1.86. The van der Waals surface area contributed by atoms with Gasteiger partial charge in [-0.25, -0.2) is 8.42 Å². The summed E-state index contributed by atoms with van der Waals surface area (Å²) in [4.78, 5) is 0.394. The number of aryl methyl sites for hydroxylation is 1. The van der Waals surface area contributed by atoms with Crippen molar-refractivity contribution < 1.29 is 8.42 Å². The second kappa shape index (κ2) is 5.86. The van der Waals surface area contributed by atoms with E-state index >= 15 is 0 Å². The molecule has 1 N–H and O–H groups in total. The fourth-order valence-electron chi connectivity index (χ4n) is 2.87. The van der Waals surface area contributed by atoms with Crippen molar-refractivity contribution in [3.05, 3.63) is 64.7 Å². The SMILES string of the molecule is Cc1ccc(S(=O)(=O)Cc2ccc3c(c2)CC(C)NC3)cc1. The van der Waals surface area contributed by atoms with Crippen molar-refractivity contribution in [2.75, 3.05) is 0 Å². The van der Waals surface area contributed by atoms with Crippen LogP contribution in [0.15, 0.2) is 47.4 Å². The van der Waals surface area contributed by atoms with Crippen molar-refractivity contribution >= 4 is 9.84 Å². The lowest BCUT2D eigenvalue weighted by Gasteiger charge is -2.23. The van der Waals surface area contributed by atoms with Gasteiger partial charge >= 0.3 is 0 Å². The van der Waals surface area contributed by atoms with Crippen LogP contribution in [-0.4, -0.2) is 14.5 Å². The monoisotopic (exact) mass is 315 g/mol. The molecule has 0 spiro atoms. The summed E-state index contributed by atoms with van der Waals surface area (Å²) >= 11 is 0. The molecule has 0 saturated heterocycles. The normalized spacial score (nSPS) is 18.0. The van der Waals surface area contributed by atoms with Crippen molar-refractivity contribution in [2.24, 2.45) is 0 Å². The first-order valence-corrected chi connectivity index (χ1v) is 9.23. The molecule has 1 aliphatic rings. The van der Waals surface area contributed by atoms with E-state index in [1.807, 2.05) is 31.2 Å². The third kappa shape index (κ3) is 3.23. The first-order valence-electron chi connectivity index (χ1n) is 7.57. The molecule has 22 heavy (non-hydrogen) atoms. The summed E-state index contributed by atoms with van der Waals surface area (Å²) in [5, 5.41) is 3.42. The maximum atomic E-state index is 12.5. The highest BCUT2D eigenvalue weighted by atomic mass is 32.2. The minimum atomic E-state index is -3.29. The Hall–Kier alpha value is -1.65. The van der Waals surface area contributed by atoms with Crippen LogP contribution in [0.4, 0.5) is 0 Å². The average molecular weight is 315 g/mol. The number of hydrogen-bond acceptors (Lipinski definition) is 3. The molecule has 0 amide bonds. The quantitative estimate of drug-likeness (QED) is 0.947. The highest BCUT2D eigenvalue weighted by Crippen LogP contribution is 2.22. The molecular formula is C18H21NO2S. The Kier molecular flexibility index (Phi) is 4.06. The third-order valence-electron chi connectivity index (χ3n) is 4.17. The maximum absolute atomic E-state index is 12.5. The molecule has 0 fully saturated rings. The van der Waals surface area contributed by atoms with Gasteiger partial charge in [0, 0.05) is 12.6 Å². The van der Waals surface area contributed by atoms with Crippen LogP contribution in [-0.2, 0) is 28.6 Å². The molecule has 0 radical (unpaired) electrons. The Labute approximate surface area is 132 Å². The summed E-state index contributed by atoms with van der Waals surface area (Å²) in [7, 11) is -3.29. The molecule has 3 rings (SSSR count). The summed E-state index contributed by atoms with van der Waals surface area (Å²) in [6, 6.07) is 13.5. The van der Waals surface area contributed by atoms with Gasteiger partial charge in [-0.05, 0) is 49.1 Å². The van der Waals surface area contributed by atoms with Crippen LogP contribution in [0.25, 0.3) is 0 Å². The van der Waals surface area contributed by atoms with E-state index in [-0.39, 0.29) is 5.75 Å². The molecule has 1 aliphatic heterocycles. The molecule has 0 aromatic heterocycles. The lowest BCUT2D eigenvalue weighted by atomic mass is 9.95. The van der Waals surface area contributed by atoms with Gasteiger partial charge in [0.2, 0.25) is 0 Å². The van der Waals surface area contributed by atoms with Crippen molar-refractivity contribution in [1.82, 2.24) is 5.32 Å². The molecule has 0 saturated carbocycles. The molecule has 3 nitrogen and oxygen atoms in total. The van der Waals surface area contributed by atoms with E-state index in [2.05, 4.69) is 18.3 Å². The van der Waals surface area contributed by atoms with Gasteiger partial charge in [-0.1, -0.05) is 35.9 Å². The summed E-state index contributed by atoms with van der Waals surface area (Å²) < 4.78 is 25.1. The molecule has 0 aliphatic carbocycles.